The minimum absolute atomic E-state index is 0.0955. The number of benzene rings is 1. The molecule has 5 nitrogen and oxygen atoms in total. The summed E-state index contributed by atoms with van der Waals surface area (Å²) >= 11 is 0. The number of hydrogen-bond acceptors (Lipinski definition) is 4. The van der Waals surface area contributed by atoms with Crippen LogP contribution in [0.4, 0.5) is 5.69 Å². The van der Waals surface area contributed by atoms with Gasteiger partial charge in [0.1, 0.15) is 0 Å². The van der Waals surface area contributed by atoms with Gasteiger partial charge in [0, 0.05) is 24.7 Å². The lowest BCUT2D eigenvalue weighted by Crippen LogP contribution is -2.33. The molecule has 0 aliphatic heterocycles. The monoisotopic (exact) mass is 284 g/mol. The third kappa shape index (κ3) is 2.39. The minimum atomic E-state index is 0.0955. The molecule has 1 unspecified atom stereocenters. The van der Waals surface area contributed by atoms with E-state index in [1.54, 1.807) is 6.20 Å². The summed E-state index contributed by atoms with van der Waals surface area (Å²) < 4.78 is 0. The van der Waals surface area contributed by atoms with E-state index >= 15 is 0 Å². The Balaban J connectivity index is 2.19. The summed E-state index contributed by atoms with van der Waals surface area (Å²) in [6.07, 6.45) is 4.23. The molecule has 3 rings (SSSR count). The number of pyridine rings is 1. The van der Waals surface area contributed by atoms with Gasteiger partial charge in [-0.25, -0.2) is 0 Å². The lowest BCUT2D eigenvalue weighted by atomic mass is 10.0. The molecule has 1 saturated carbocycles. The molecule has 3 N–H and O–H groups in total. The zero-order chi connectivity index (χ0) is 15.0. The number of hydrogen-bond donors (Lipinski definition) is 2. The number of anilines is 1. The quantitative estimate of drug-likeness (QED) is 0.391. The first-order valence-electron chi connectivity index (χ1n) is 7.22. The number of para-hydroxylation sites is 1. The van der Waals surface area contributed by atoms with Gasteiger partial charge in [-0.05, 0) is 31.7 Å². The van der Waals surface area contributed by atoms with Gasteiger partial charge in [0.05, 0.1) is 16.8 Å². The highest BCUT2D eigenvalue weighted by molar-refractivity contribution is 6.08. The number of oxime groups is 1. The number of rotatable bonds is 4. The van der Waals surface area contributed by atoms with E-state index in [-0.39, 0.29) is 5.84 Å². The second-order valence-electron chi connectivity index (χ2n) is 5.71. The first-order chi connectivity index (χ1) is 10.1. The van der Waals surface area contributed by atoms with Crippen molar-refractivity contribution in [3.05, 3.63) is 36.0 Å². The van der Waals surface area contributed by atoms with Crippen LogP contribution < -0.4 is 10.6 Å². The van der Waals surface area contributed by atoms with E-state index in [4.69, 9.17) is 10.9 Å². The van der Waals surface area contributed by atoms with E-state index < -0.39 is 0 Å². The van der Waals surface area contributed by atoms with Crippen LogP contribution in [-0.4, -0.2) is 29.1 Å². The number of aromatic nitrogens is 1. The average molecular weight is 284 g/mol. The summed E-state index contributed by atoms with van der Waals surface area (Å²) in [6.45, 7) is 2.23. The van der Waals surface area contributed by atoms with Gasteiger partial charge in [-0.15, -0.1) is 0 Å². The van der Waals surface area contributed by atoms with Crippen molar-refractivity contribution in [2.75, 3.05) is 11.9 Å². The molecule has 21 heavy (non-hydrogen) atoms. The molecule has 0 saturated heterocycles. The van der Waals surface area contributed by atoms with Crippen molar-refractivity contribution in [3.8, 4) is 0 Å². The Hall–Kier alpha value is -2.30. The molecule has 1 aliphatic rings. The molecule has 110 valence electrons. The molecule has 1 atom stereocenters. The van der Waals surface area contributed by atoms with Crippen molar-refractivity contribution in [2.45, 2.75) is 25.8 Å². The molecule has 0 amide bonds. The SMILES string of the molecule is CC(C1CC1)N(C)c1c(/C(N)=N/O)cnc2ccccc12. The average Bonchev–Trinajstić information content (AvgIpc) is 3.36. The van der Waals surface area contributed by atoms with E-state index in [0.29, 0.717) is 11.6 Å². The molecule has 1 heterocycles. The highest BCUT2D eigenvalue weighted by atomic mass is 16.4. The van der Waals surface area contributed by atoms with Gasteiger partial charge in [-0.1, -0.05) is 23.4 Å². The number of nitrogens with two attached hydrogens (primary N) is 1. The maximum atomic E-state index is 9.04. The predicted octanol–water partition coefficient (Wildman–Crippen LogP) is 2.56. The van der Waals surface area contributed by atoms with Crippen LogP contribution in [0.2, 0.25) is 0 Å². The molecule has 0 spiro atoms. The maximum absolute atomic E-state index is 9.04. The normalized spacial score (nSPS) is 17.0. The first-order valence-corrected chi connectivity index (χ1v) is 7.22. The lowest BCUT2D eigenvalue weighted by Gasteiger charge is -2.30. The Morgan fingerprint density at radius 2 is 2.14 bits per heavy atom. The van der Waals surface area contributed by atoms with Crippen molar-refractivity contribution in [2.24, 2.45) is 16.8 Å². The molecular weight excluding hydrogens is 264 g/mol. The van der Waals surface area contributed by atoms with Gasteiger partial charge in [0.2, 0.25) is 0 Å². The topological polar surface area (TPSA) is 74.7 Å². The van der Waals surface area contributed by atoms with Crippen molar-refractivity contribution in [1.82, 2.24) is 4.98 Å². The Bertz CT molecular complexity index is 694. The van der Waals surface area contributed by atoms with Crippen LogP contribution in [0.3, 0.4) is 0 Å². The zero-order valence-corrected chi connectivity index (χ0v) is 12.3. The van der Waals surface area contributed by atoms with Gasteiger partial charge >= 0.3 is 0 Å². The minimum Gasteiger partial charge on any atom is -0.409 e. The van der Waals surface area contributed by atoms with Gasteiger partial charge < -0.3 is 15.8 Å². The van der Waals surface area contributed by atoms with Crippen molar-refractivity contribution in [3.63, 3.8) is 0 Å². The Kier molecular flexibility index (Phi) is 3.41. The lowest BCUT2D eigenvalue weighted by molar-refractivity contribution is 0.318. The smallest absolute Gasteiger partial charge is 0.173 e. The molecular formula is C16H20N4O. The Morgan fingerprint density at radius 1 is 1.43 bits per heavy atom. The van der Waals surface area contributed by atoms with Crippen molar-refractivity contribution >= 4 is 22.4 Å². The van der Waals surface area contributed by atoms with Crippen LogP contribution in [0, 0.1) is 5.92 Å². The fourth-order valence-corrected chi connectivity index (χ4v) is 2.85. The first kappa shape index (κ1) is 13.7. The van der Waals surface area contributed by atoms with E-state index in [2.05, 4.69) is 29.0 Å². The molecule has 1 aromatic heterocycles. The standard InChI is InChI=1S/C16H20N4O/c1-10(11-7-8-11)20(2)15-12-5-3-4-6-14(12)18-9-13(15)16(17)19-21/h3-6,9-11,21H,7-8H2,1-2H3,(H2,17,19). The third-order valence-electron chi connectivity index (χ3n) is 4.40. The fourth-order valence-electron chi connectivity index (χ4n) is 2.85. The summed E-state index contributed by atoms with van der Waals surface area (Å²) in [7, 11) is 2.07. The second-order valence-corrected chi connectivity index (χ2v) is 5.71. The predicted molar refractivity (Wildman–Crippen MR) is 84.8 cm³/mol. The van der Waals surface area contributed by atoms with Crippen LogP contribution in [0.15, 0.2) is 35.6 Å². The maximum Gasteiger partial charge on any atom is 0.173 e. The molecule has 1 aliphatic carbocycles. The Morgan fingerprint density at radius 3 is 2.81 bits per heavy atom. The zero-order valence-electron chi connectivity index (χ0n) is 12.3. The van der Waals surface area contributed by atoms with Crippen LogP contribution in [0.5, 0.6) is 0 Å². The number of fused-ring (bicyclic) bond motifs is 1. The number of amidine groups is 1. The summed E-state index contributed by atoms with van der Waals surface area (Å²) in [5.41, 5.74) is 8.42. The molecule has 0 bridgehead atoms. The summed E-state index contributed by atoms with van der Waals surface area (Å²) in [5.74, 6) is 0.820. The van der Waals surface area contributed by atoms with E-state index in [0.717, 1.165) is 22.5 Å². The highest BCUT2D eigenvalue weighted by Crippen LogP contribution is 2.38. The van der Waals surface area contributed by atoms with Gasteiger partial charge in [0.15, 0.2) is 5.84 Å². The molecule has 0 radical (unpaired) electrons. The van der Waals surface area contributed by atoms with Crippen molar-refractivity contribution in [1.29, 1.82) is 0 Å². The molecule has 1 aromatic carbocycles. The van der Waals surface area contributed by atoms with E-state index in [1.807, 2.05) is 24.3 Å². The summed E-state index contributed by atoms with van der Waals surface area (Å²) in [4.78, 5) is 6.65. The van der Waals surface area contributed by atoms with Gasteiger partial charge in [-0.2, -0.15) is 0 Å². The summed E-state index contributed by atoms with van der Waals surface area (Å²) in [5, 5.41) is 13.2. The molecule has 5 heteroatoms. The molecule has 2 aromatic rings. The second kappa shape index (κ2) is 5.24. The highest BCUT2D eigenvalue weighted by Gasteiger charge is 2.32. The molecule has 1 fully saturated rings. The third-order valence-corrected chi connectivity index (χ3v) is 4.40. The van der Waals surface area contributed by atoms with Crippen LogP contribution in [-0.2, 0) is 0 Å². The van der Waals surface area contributed by atoms with E-state index in [9.17, 15) is 0 Å². The number of nitrogens with zero attached hydrogens (tertiary/aromatic N) is 3. The van der Waals surface area contributed by atoms with Crippen LogP contribution >= 0.6 is 0 Å². The van der Waals surface area contributed by atoms with Gasteiger partial charge in [0.25, 0.3) is 0 Å². The fraction of sp³-hybridized carbons (Fsp3) is 0.375. The van der Waals surface area contributed by atoms with Crippen LogP contribution in [0.1, 0.15) is 25.3 Å². The van der Waals surface area contributed by atoms with Crippen LogP contribution in [0.25, 0.3) is 10.9 Å². The van der Waals surface area contributed by atoms with Gasteiger partial charge in [-0.3, -0.25) is 4.98 Å². The largest absolute Gasteiger partial charge is 0.409 e. The van der Waals surface area contributed by atoms with E-state index in [1.165, 1.54) is 12.8 Å². The summed E-state index contributed by atoms with van der Waals surface area (Å²) in [6, 6.07) is 8.37. The van der Waals surface area contributed by atoms with Crippen molar-refractivity contribution < 1.29 is 5.21 Å². The Labute approximate surface area is 124 Å².